The van der Waals surface area contributed by atoms with Crippen LogP contribution in [0.15, 0.2) is 12.2 Å². The first-order valence-electron chi connectivity index (χ1n) is 5.04. The van der Waals surface area contributed by atoms with Gasteiger partial charge in [-0.15, -0.1) is 0 Å². The summed E-state index contributed by atoms with van der Waals surface area (Å²) < 4.78 is 10.8. The minimum absolute atomic E-state index is 0.0302. The van der Waals surface area contributed by atoms with Crippen molar-refractivity contribution in [2.45, 2.75) is 32.3 Å². The molecule has 0 radical (unpaired) electrons. The molecule has 0 amide bonds. The van der Waals surface area contributed by atoms with Crippen LogP contribution in [-0.2, 0) is 14.3 Å². The van der Waals surface area contributed by atoms with Crippen LogP contribution in [-0.4, -0.2) is 31.2 Å². The largest absolute Gasteiger partial charge is 0.381 e. The van der Waals surface area contributed by atoms with E-state index in [0.717, 1.165) is 0 Å². The molecule has 80 valence electrons. The Hall–Kier alpha value is -0.670. The molecular formula is C11H18O3. The van der Waals surface area contributed by atoms with Crippen LogP contribution in [0.1, 0.15) is 26.7 Å². The van der Waals surface area contributed by atoms with E-state index < -0.39 is 5.60 Å². The van der Waals surface area contributed by atoms with E-state index in [1.165, 1.54) is 0 Å². The molecule has 0 atom stereocenters. The van der Waals surface area contributed by atoms with Crippen molar-refractivity contribution in [1.29, 1.82) is 0 Å². The second-order valence-corrected chi connectivity index (χ2v) is 3.65. The average molecular weight is 198 g/mol. The summed E-state index contributed by atoms with van der Waals surface area (Å²) >= 11 is 0. The fourth-order valence-electron chi connectivity index (χ4n) is 1.80. The van der Waals surface area contributed by atoms with Crippen LogP contribution in [0.5, 0.6) is 0 Å². The smallest absolute Gasteiger partial charge is 0.189 e. The fraction of sp³-hybridized carbons (Fsp3) is 0.727. The maximum absolute atomic E-state index is 11.9. The van der Waals surface area contributed by atoms with Crippen molar-refractivity contribution < 1.29 is 14.3 Å². The van der Waals surface area contributed by atoms with Gasteiger partial charge in [0.15, 0.2) is 5.78 Å². The normalized spacial score (nSPS) is 20.4. The lowest BCUT2D eigenvalue weighted by Crippen LogP contribution is -2.46. The molecule has 1 saturated heterocycles. The molecule has 0 unspecified atom stereocenters. The number of carbonyl (C=O) groups excluding carboxylic acids is 1. The van der Waals surface area contributed by atoms with Crippen LogP contribution in [0.4, 0.5) is 0 Å². The molecule has 1 rings (SSSR count). The first kappa shape index (κ1) is 11.4. The van der Waals surface area contributed by atoms with Crippen molar-refractivity contribution in [2.75, 3.05) is 19.8 Å². The lowest BCUT2D eigenvalue weighted by molar-refractivity contribution is -0.153. The summed E-state index contributed by atoms with van der Waals surface area (Å²) in [6, 6.07) is 0. The van der Waals surface area contributed by atoms with Gasteiger partial charge in [0.05, 0.1) is 0 Å². The Labute approximate surface area is 85.1 Å². The number of hydrogen-bond donors (Lipinski definition) is 0. The zero-order chi connectivity index (χ0) is 10.6. The maximum Gasteiger partial charge on any atom is 0.189 e. The highest BCUT2D eigenvalue weighted by Crippen LogP contribution is 2.28. The molecule has 0 aliphatic carbocycles. The van der Waals surface area contributed by atoms with Gasteiger partial charge in [0.2, 0.25) is 0 Å². The third-order valence-corrected chi connectivity index (χ3v) is 2.52. The van der Waals surface area contributed by atoms with Gasteiger partial charge in [-0.3, -0.25) is 4.79 Å². The molecule has 3 nitrogen and oxygen atoms in total. The highest BCUT2D eigenvalue weighted by atomic mass is 16.5. The summed E-state index contributed by atoms with van der Waals surface area (Å²) in [4.78, 5) is 11.9. The highest BCUT2D eigenvalue weighted by molar-refractivity contribution is 6.01. The van der Waals surface area contributed by atoms with Crippen LogP contribution in [0.3, 0.4) is 0 Å². The maximum atomic E-state index is 11.9. The fourth-order valence-corrected chi connectivity index (χ4v) is 1.80. The molecular weight excluding hydrogens is 180 g/mol. The Kier molecular flexibility index (Phi) is 3.84. The second-order valence-electron chi connectivity index (χ2n) is 3.65. The molecule has 0 aromatic carbocycles. The number of ketones is 1. The molecule has 0 spiro atoms. The number of hydrogen-bond acceptors (Lipinski definition) is 3. The third-order valence-electron chi connectivity index (χ3n) is 2.52. The quantitative estimate of drug-likeness (QED) is 0.645. The van der Waals surface area contributed by atoms with E-state index in [4.69, 9.17) is 9.47 Å². The lowest BCUT2D eigenvalue weighted by atomic mass is 9.86. The van der Waals surface area contributed by atoms with Crippen LogP contribution in [0.2, 0.25) is 0 Å². The van der Waals surface area contributed by atoms with E-state index in [1.54, 1.807) is 6.92 Å². The van der Waals surface area contributed by atoms with Gasteiger partial charge in [-0.2, -0.15) is 0 Å². The van der Waals surface area contributed by atoms with Crippen LogP contribution >= 0.6 is 0 Å². The molecule has 0 aromatic heterocycles. The van der Waals surface area contributed by atoms with E-state index in [0.29, 0.717) is 38.2 Å². The lowest BCUT2D eigenvalue weighted by Gasteiger charge is -2.35. The third kappa shape index (κ3) is 2.22. The van der Waals surface area contributed by atoms with Crippen molar-refractivity contribution in [1.82, 2.24) is 0 Å². The molecule has 3 heteroatoms. The predicted molar refractivity (Wildman–Crippen MR) is 54.2 cm³/mol. The van der Waals surface area contributed by atoms with Gasteiger partial charge in [-0.25, -0.2) is 0 Å². The molecule has 0 bridgehead atoms. The summed E-state index contributed by atoms with van der Waals surface area (Å²) in [6.07, 6.45) is 1.29. The van der Waals surface area contributed by atoms with Gasteiger partial charge < -0.3 is 9.47 Å². The summed E-state index contributed by atoms with van der Waals surface area (Å²) in [5.41, 5.74) is -0.0842. The van der Waals surface area contributed by atoms with Gasteiger partial charge in [0, 0.05) is 32.7 Å². The first-order valence-corrected chi connectivity index (χ1v) is 5.04. The SMILES string of the molecule is C=C(C)C(=O)C1(OCC)CCOCC1. The Bertz CT molecular complexity index is 221. The number of ether oxygens (including phenoxy) is 2. The Morgan fingerprint density at radius 3 is 2.50 bits per heavy atom. The standard InChI is InChI=1S/C11H18O3/c1-4-14-11(10(12)9(2)3)5-7-13-8-6-11/h2,4-8H2,1,3H3. The molecule has 0 N–H and O–H groups in total. The summed E-state index contributed by atoms with van der Waals surface area (Å²) in [7, 11) is 0. The van der Waals surface area contributed by atoms with Crippen molar-refractivity contribution in [3.8, 4) is 0 Å². The van der Waals surface area contributed by atoms with E-state index in [2.05, 4.69) is 6.58 Å². The van der Waals surface area contributed by atoms with E-state index in [-0.39, 0.29) is 5.78 Å². The first-order chi connectivity index (χ1) is 6.62. The average Bonchev–Trinajstić information content (AvgIpc) is 2.18. The Morgan fingerprint density at radius 1 is 1.50 bits per heavy atom. The highest BCUT2D eigenvalue weighted by Gasteiger charge is 2.40. The minimum atomic E-state index is -0.654. The number of rotatable bonds is 4. The molecule has 1 heterocycles. The number of carbonyl (C=O) groups is 1. The van der Waals surface area contributed by atoms with Gasteiger partial charge in [-0.05, 0) is 19.4 Å². The molecule has 1 aliphatic heterocycles. The van der Waals surface area contributed by atoms with E-state index >= 15 is 0 Å². The number of Topliss-reactive ketones (excluding diaryl/α,β-unsaturated/α-hetero) is 1. The zero-order valence-corrected chi connectivity index (χ0v) is 8.97. The van der Waals surface area contributed by atoms with E-state index in [9.17, 15) is 4.79 Å². The van der Waals surface area contributed by atoms with Crippen molar-refractivity contribution >= 4 is 5.78 Å². The predicted octanol–water partition coefficient (Wildman–Crippen LogP) is 1.72. The van der Waals surface area contributed by atoms with Crippen molar-refractivity contribution in [3.63, 3.8) is 0 Å². The molecule has 0 saturated carbocycles. The Morgan fingerprint density at radius 2 is 2.07 bits per heavy atom. The summed E-state index contributed by atoms with van der Waals surface area (Å²) in [5, 5.41) is 0. The topological polar surface area (TPSA) is 35.5 Å². The second kappa shape index (κ2) is 4.71. The molecule has 0 aromatic rings. The van der Waals surface area contributed by atoms with Crippen LogP contribution in [0.25, 0.3) is 0 Å². The molecule has 1 aliphatic rings. The van der Waals surface area contributed by atoms with Gasteiger partial charge in [0.1, 0.15) is 5.60 Å². The van der Waals surface area contributed by atoms with Crippen LogP contribution < -0.4 is 0 Å². The summed E-state index contributed by atoms with van der Waals surface area (Å²) in [6.45, 7) is 9.07. The zero-order valence-electron chi connectivity index (χ0n) is 8.97. The van der Waals surface area contributed by atoms with E-state index in [1.807, 2.05) is 6.92 Å². The molecule has 1 fully saturated rings. The molecule has 14 heavy (non-hydrogen) atoms. The van der Waals surface area contributed by atoms with Crippen molar-refractivity contribution in [2.24, 2.45) is 0 Å². The monoisotopic (exact) mass is 198 g/mol. The van der Waals surface area contributed by atoms with Gasteiger partial charge in [0.25, 0.3) is 0 Å². The Balaban J connectivity index is 2.79. The van der Waals surface area contributed by atoms with Crippen LogP contribution in [0, 0.1) is 0 Å². The van der Waals surface area contributed by atoms with Gasteiger partial charge >= 0.3 is 0 Å². The van der Waals surface area contributed by atoms with Gasteiger partial charge in [-0.1, -0.05) is 6.58 Å². The minimum Gasteiger partial charge on any atom is -0.381 e. The summed E-state index contributed by atoms with van der Waals surface area (Å²) in [5.74, 6) is 0.0302. The van der Waals surface area contributed by atoms with Crippen molar-refractivity contribution in [3.05, 3.63) is 12.2 Å².